The normalized spacial score (nSPS) is 18.4. The van der Waals surface area contributed by atoms with Gasteiger partial charge >= 0.3 is 17.8 Å². The Morgan fingerprint density at radius 3 is 2.48 bits per heavy atom. The minimum absolute atomic E-state index is 0.142. The first-order chi connectivity index (χ1) is 15.9. The highest BCUT2D eigenvalue weighted by atomic mass is 16.5. The van der Waals surface area contributed by atoms with Crippen LogP contribution in [0, 0.1) is 0 Å². The van der Waals surface area contributed by atoms with E-state index >= 15 is 0 Å². The molecule has 1 aromatic heterocycles. The van der Waals surface area contributed by atoms with Gasteiger partial charge in [0.1, 0.15) is 24.1 Å². The quantitative estimate of drug-likeness (QED) is 0.449. The molecule has 172 valence electrons. The molecule has 5 amide bonds. The number of carbonyl (C=O) groups is 4. The molecule has 0 aliphatic carbocycles. The van der Waals surface area contributed by atoms with Crippen LogP contribution < -0.4 is 4.74 Å². The molecule has 2 aromatic rings. The number of rotatable bonds is 8. The Labute approximate surface area is 190 Å². The number of amides is 5. The predicted octanol–water partition coefficient (Wildman–Crippen LogP) is 2.56. The summed E-state index contributed by atoms with van der Waals surface area (Å²) in [7, 11) is 1.57. The Morgan fingerprint density at radius 2 is 1.85 bits per heavy atom. The molecule has 0 saturated carbocycles. The van der Waals surface area contributed by atoms with E-state index < -0.39 is 36.3 Å². The fraction of sp³-hybridized carbons (Fsp3) is 0.348. The number of urea groups is 1. The zero-order chi connectivity index (χ0) is 23.5. The molecule has 2 aliphatic rings. The standard InChI is InChI=1S/C23H24N4O6/c1-3-4-11-25-21(29)22(30)26(23(25)31)14-20(28)27-18(19-6-5-12-33-19)13-17(24-27)15-7-9-16(32-2)10-8-15/h5-10,12,18H,3-4,11,13-14H2,1-2H3/t18-/m0/s1. The van der Waals surface area contributed by atoms with Crippen LogP contribution in [0.25, 0.3) is 0 Å². The Bertz CT molecular complexity index is 1090. The summed E-state index contributed by atoms with van der Waals surface area (Å²) < 4.78 is 10.7. The number of furan rings is 1. The van der Waals surface area contributed by atoms with Crippen LogP contribution >= 0.6 is 0 Å². The van der Waals surface area contributed by atoms with Gasteiger partial charge in [0.05, 0.1) is 19.1 Å². The Balaban J connectivity index is 1.57. The lowest BCUT2D eigenvalue weighted by atomic mass is 10.0. The smallest absolute Gasteiger partial charge is 0.334 e. The lowest BCUT2D eigenvalue weighted by molar-refractivity contribution is -0.145. The van der Waals surface area contributed by atoms with Crippen molar-refractivity contribution in [2.45, 2.75) is 32.2 Å². The van der Waals surface area contributed by atoms with Crippen LogP contribution in [-0.4, -0.2) is 64.5 Å². The van der Waals surface area contributed by atoms with Crippen molar-refractivity contribution in [2.24, 2.45) is 5.10 Å². The molecule has 0 bridgehead atoms. The zero-order valence-corrected chi connectivity index (χ0v) is 18.4. The molecule has 1 aromatic carbocycles. The summed E-state index contributed by atoms with van der Waals surface area (Å²) in [4.78, 5) is 51.9. The van der Waals surface area contributed by atoms with Crippen LogP contribution in [0.3, 0.4) is 0 Å². The van der Waals surface area contributed by atoms with E-state index in [2.05, 4.69) is 5.10 Å². The molecule has 10 heteroatoms. The van der Waals surface area contributed by atoms with Gasteiger partial charge in [-0.15, -0.1) is 0 Å². The van der Waals surface area contributed by atoms with Crippen molar-refractivity contribution < 1.29 is 28.3 Å². The highest BCUT2D eigenvalue weighted by Gasteiger charge is 2.46. The van der Waals surface area contributed by atoms with Crippen molar-refractivity contribution in [2.75, 3.05) is 20.2 Å². The Kier molecular flexibility index (Phi) is 6.25. The van der Waals surface area contributed by atoms with Crippen LogP contribution in [0.2, 0.25) is 0 Å². The summed E-state index contributed by atoms with van der Waals surface area (Å²) in [6, 6.07) is 9.39. The first-order valence-corrected chi connectivity index (χ1v) is 10.7. The largest absolute Gasteiger partial charge is 0.497 e. The fourth-order valence-electron chi connectivity index (χ4n) is 3.81. The maximum atomic E-state index is 13.2. The third kappa shape index (κ3) is 4.23. The Morgan fingerprint density at radius 1 is 1.12 bits per heavy atom. The topological polar surface area (TPSA) is 113 Å². The van der Waals surface area contributed by atoms with E-state index in [4.69, 9.17) is 9.15 Å². The second-order valence-corrected chi connectivity index (χ2v) is 7.73. The summed E-state index contributed by atoms with van der Waals surface area (Å²) in [5, 5.41) is 5.70. The van der Waals surface area contributed by atoms with Gasteiger partial charge in [-0.1, -0.05) is 13.3 Å². The van der Waals surface area contributed by atoms with E-state index in [0.29, 0.717) is 35.0 Å². The van der Waals surface area contributed by atoms with Gasteiger partial charge in [-0.05, 0) is 48.4 Å². The van der Waals surface area contributed by atoms with E-state index in [1.807, 2.05) is 19.1 Å². The minimum atomic E-state index is -1.00. The van der Waals surface area contributed by atoms with Gasteiger partial charge in [0, 0.05) is 13.0 Å². The molecule has 10 nitrogen and oxygen atoms in total. The highest BCUT2D eigenvalue weighted by molar-refractivity contribution is 6.45. The number of hydrogen-bond acceptors (Lipinski definition) is 7. The summed E-state index contributed by atoms with van der Waals surface area (Å²) in [6.45, 7) is 1.47. The van der Waals surface area contributed by atoms with Gasteiger partial charge in [-0.3, -0.25) is 19.3 Å². The van der Waals surface area contributed by atoms with Gasteiger partial charge in [-0.25, -0.2) is 14.7 Å². The average Bonchev–Trinajstić information content (AvgIpc) is 3.55. The molecular weight excluding hydrogens is 428 g/mol. The molecule has 4 rings (SSSR count). The number of hydrazone groups is 1. The minimum Gasteiger partial charge on any atom is -0.497 e. The number of benzene rings is 1. The molecule has 33 heavy (non-hydrogen) atoms. The van der Waals surface area contributed by atoms with Gasteiger partial charge in [-0.2, -0.15) is 5.10 Å². The molecule has 2 aliphatic heterocycles. The van der Waals surface area contributed by atoms with Crippen molar-refractivity contribution in [3.05, 3.63) is 54.0 Å². The van der Waals surface area contributed by atoms with Crippen molar-refractivity contribution in [1.82, 2.24) is 14.8 Å². The van der Waals surface area contributed by atoms with Crippen molar-refractivity contribution >= 4 is 29.5 Å². The van der Waals surface area contributed by atoms with E-state index in [-0.39, 0.29) is 6.54 Å². The number of carbonyl (C=O) groups excluding carboxylic acids is 4. The van der Waals surface area contributed by atoms with Crippen LogP contribution in [-0.2, 0) is 14.4 Å². The SMILES string of the molecule is CCCCN1C(=O)C(=O)N(CC(=O)N2N=C(c3ccc(OC)cc3)C[C@H]2c2ccco2)C1=O. The second kappa shape index (κ2) is 9.27. The van der Waals surface area contributed by atoms with Crippen molar-refractivity contribution in [3.8, 4) is 5.75 Å². The van der Waals surface area contributed by atoms with Gasteiger partial charge < -0.3 is 9.15 Å². The molecule has 0 N–H and O–H groups in total. The average molecular weight is 452 g/mol. The molecule has 1 atom stereocenters. The number of nitrogens with zero attached hydrogens (tertiary/aromatic N) is 4. The molecule has 0 radical (unpaired) electrons. The molecule has 3 heterocycles. The van der Waals surface area contributed by atoms with Gasteiger partial charge in [0.25, 0.3) is 5.91 Å². The maximum Gasteiger partial charge on any atom is 0.334 e. The first-order valence-electron chi connectivity index (χ1n) is 10.7. The van der Waals surface area contributed by atoms with Crippen LogP contribution in [0.4, 0.5) is 4.79 Å². The predicted molar refractivity (Wildman–Crippen MR) is 116 cm³/mol. The summed E-state index contributed by atoms with van der Waals surface area (Å²) in [5.41, 5.74) is 1.45. The van der Waals surface area contributed by atoms with Crippen molar-refractivity contribution in [3.63, 3.8) is 0 Å². The van der Waals surface area contributed by atoms with E-state index in [1.54, 1.807) is 31.4 Å². The number of ether oxygens (including phenoxy) is 1. The molecule has 1 fully saturated rings. The van der Waals surface area contributed by atoms with Crippen LogP contribution in [0.5, 0.6) is 5.75 Å². The van der Waals surface area contributed by atoms with Crippen LogP contribution in [0.15, 0.2) is 52.2 Å². The molecule has 0 unspecified atom stereocenters. The van der Waals surface area contributed by atoms with E-state index in [0.717, 1.165) is 16.9 Å². The fourth-order valence-corrected chi connectivity index (χ4v) is 3.81. The third-order valence-electron chi connectivity index (χ3n) is 5.62. The number of imide groups is 2. The maximum absolute atomic E-state index is 13.2. The highest BCUT2D eigenvalue weighted by Crippen LogP contribution is 2.33. The van der Waals surface area contributed by atoms with Crippen molar-refractivity contribution in [1.29, 1.82) is 0 Å². The number of hydrogen-bond donors (Lipinski definition) is 0. The van der Waals surface area contributed by atoms with Gasteiger partial charge in [0.2, 0.25) is 0 Å². The third-order valence-corrected chi connectivity index (χ3v) is 5.62. The number of unbranched alkanes of at least 4 members (excludes halogenated alkanes) is 1. The Hall–Kier alpha value is -3.95. The molecule has 0 spiro atoms. The van der Waals surface area contributed by atoms with Gasteiger partial charge in [0.15, 0.2) is 0 Å². The zero-order valence-electron chi connectivity index (χ0n) is 18.4. The summed E-state index contributed by atoms with van der Waals surface area (Å²) in [6.07, 6.45) is 3.22. The molecule has 1 saturated heterocycles. The summed E-state index contributed by atoms with van der Waals surface area (Å²) >= 11 is 0. The lowest BCUT2D eigenvalue weighted by Gasteiger charge is -2.22. The molecular formula is C23H24N4O6. The first kappa shape index (κ1) is 22.3. The van der Waals surface area contributed by atoms with Crippen LogP contribution in [0.1, 0.15) is 43.6 Å². The second-order valence-electron chi connectivity index (χ2n) is 7.73. The monoisotopic (exact) mass is 452 g/mol. The van der Waals surface area contributed by atoms with E-state index in [1.165, 1.54) is 11.3 Å². The lowest BCUT2D eigenvalue weighted by Crippen LogP contribution is -2.42. The van der Waals surface area contributed by atoms with E-state index in [9.17, 15) is 19.2 Å². The number of methoxy groups -OCH3 is 1. The summed E-state index contributed by atoms with van der Waals surface area (Å²) in [5.74, 6) is -1.29.